The second kappa shape index (κ2) is 9.34. The van der Waals surface area contributed by atoms with Crippen LogP contribution in [0.4, 0.5) is 15.0 Å². The molecule has 2 aromatic carbocycles. The second-order valence-electron chi connectivity index (χ2n) is 9.13. The third-order valence-electron chi connectivity index (χ3n) is 6.63. The standard InChI is InChI=1S/C27H21FN4O4S2/c1-32-24(29-26(35)36-14-15-5-3-2-4-6-15)23(30-31-32)22-13-21-20(38-22)12-19(37-21)16-7-8-17(18(28)11-16)27(9-10-27)25(33)34/h2-8,11-13H,9-10,14H2,1H3,(H,29,35)(H,33,34). The van der Waals surface area contributed by atoms with E-state index >= 15 is 0 Å². The van der Waals surface area contributed by atoms with Gasteiger partial charge in [-0.3, -0.25) is 10.1 Å². The van der Waals surface area contributed by atoms with Crippen molar-refractivity contribution in [1.82, 2.24) is 15.0 Å². The maximum absolute atomic E-state index is 14.9. The van der Waals surface area contributed by atoms with Crippen LogP contribution in [-0.4, -0.2) is 32.2 Å². The number of nitrogens with one attached hydrogen (secondary N) is 1. The molecule has 1 amide bonds. The molecule has 1 saturated carbocycles. The summed E-state index contributed by atoms with van der Waals surface area (Å²) in [5.41, 5.74) is 1.27. The van der Waals surface area contributed by atoms with E-state index in [4.69, 9.17) is 4.74 Å². The number of ether oxygens (including phenoxy) is 1. The minimum Gasteiger partial charge on any atom is -0.481 e. The first-order valence-corrected chi connectivity index (χ1v) is 13.4. The molecule has 8 nitrogen and oxygen atoms in total. The van der Waals surface area contributed by atoms with Crippen LogP contribution in [0.15, 0.2) is 60.7 Å². The molecule has 5 aromatic rings. The molecule has 3 heterocycles. The Morgan fingerprint density at radius 2 is 1.79 bits per heavy atom. The molecule has 1 aliphatic rings. The number of anilines is 1. The molecule has 0 atom stereocenters. The summed E-state index contributed by atoms with van der Waals surface area (Å²) in [5, 5.41) is 20.5. The van der Waals surface area contributed by atoms with Gasteiger partial charge in [-0.1, -0.05) is 47.7 Å². The van der Waals surface area contributed by atoms with Crippen LogP contribution in [0.3, 0.4) is 0 Å². The van der Waals surface area contributed by atoms with E-state index in [1.165, 1.54) is 33.4 Å². The van der Waals surface area contributed by atoms with Crippen molar-refractivity contribution in [3.05, 3.63) is 77.6 Å². The van der Waals surface area contributed by atoms with Gasteiger partial charge in [0.25, 0.3) is 0 Å². The summed E-state index contributed by atoms with van der Waals surface area (Å²) < 4.78 is 23.7. The Kier molecular flexibility index (Phi) is 5.96. The lowest BCUT2D eigenvalue weighted by Gasteiger charge is -2.12. The number of aryl methyl sites for hydroxylation is 1. The average molecular weight is 549 g/mol. The topological polar surface area (TPSA) is 106 Å². The van der Waals surface area contributed by atoms with E-state index in [1.54, 1.807) is 19.2 Å². The van der Waals surface area contributed by atoms with Crippen LogP contribution in [0.25, 0.3) is 30.4 Å². The third-order valence-corrected chi connectivity index (χ3v) is 8.98. The minimum absolute atomic E-state index is 0.143. The number of fused-ring (bicyclic) bond motifs is 1. The highest BCUT2D eigenvalue weighted by Crippen LogP contribution is 2.50. The Bertz CT molecular complexity index is 1660. The van der Waals surface area contributed by atoms with Crippen molar-refractivity contribution in [3.63, 3.8) is 0 Å². The number of amides is 1. The summed E-state index contributed by atoms with van der Waals surface area (Å²) in [7, 11) is 1.69. The number of benzene rings is 2. The van der Waals surface area contributed by atoms with Gasteiger partial charge in [-0.2, -0.15) is 0 Å². The van der Waals surface area contributed by atoms with Gasteiger partial charge in [-0.25, -0.2) is 13.9 Å². The van der Waals surface area contributed by atoms with Gasteiger partial charge < -0.3 is 9.84 Å². The number of nitrogens with zero attached hydrogens (tertiary/aromatic N) is 3. The number of hydrogen-bond donors (Lipinski definition) is 2. The summed E-state index contributed by atoms with van der Waals surface area (Å²) in [6.45, 7) is 0.143. The molecule has 6 rings (SSSR count). The monoisotopic (exact) mass is 548 g/mol. The number of rotatable bonds is 7. The minimum atomic E-state index is -1.08. The van der Waals surface area contributed by atoms with Crippen molar-refractivity contribution in [2.75, 3.05) is 5.32 Å². The maximum Gasteiger partial charge on any atom is 0.413 e. The second-order valence-corrected chi connectivity index (χ2v) is 11.3. The largest absolute Gasteiger partial charge is 0.481 e. The Labute approximate surface area is 224 Å². The number of thiophene rings is 2. The number of hydrogen-bond acceptors (Lipinski definition) is 7. The number of aliphatic carboxylic acids is 1. The third kappa shape index (κ3) is 4.33. The lowest BCUT2D eigenvalue weighted by atomic mass is 9.94. The predicted octanol–water partition coefficient (Wildman–Crippen LogP) is 6.43. The van der Waals surface area contributed by atoms with Crippen LogP contribution < -0.4 is 5.32 Å². The molecule has 1 fully saturated rings. The molecule has 11 heteroatoms. The van der Waals surface area contributed by atoms with Gasteiger partial charge in [-0.15, -0.1) is 27.8 Å². The Hall–Kier alpha value is -4.09. The van der Waals surface area contributed by atoms with E-state index in [2.05, 4.69) is 15.6 Å². The normalized spacial score (nSPS) is 13.9. The number of carbonyl (C=O) groups is 2. The van der Waals surface area contributed by atoms with Crippen molar-refractivity contribution in [3.8, 4) is 21.0 Å². The summed E-state index contributed by atoms with van der Waals surface area (Å²) >= 11 is 2.99. The van der Waals surface area contributed by atoms with Crippen LogP contribution in [0.1, 0.15) is 24.0 Å². The molecule has 0 unspecified atom stereocenters. The molecule has 192 valence electrons. The summed E-state index contributed by atoms with van der Waals surface area (Å²) in [6.07, 6.45) is 0.308. The zero-order chi connectivity index (χ0) is 26.4. The zero-order valence-electron chi connectivity index (χ0n) is 20.1. The molecule has 38 heavy (non-hydrogen) atoms. The first-order chi connectivity index (χ1) is 18.3. The Balaban J connectivity index is 1.21. The number of carboxylic acid groups (broad SMARTS) is 1. The molecule has 0 aliphatic heterocycles. The van der Waals surface area contributed by atoms with Crippen molar-refractivity contribution in [2.24, 2.45) is 7.05 Å². The van der Waals surface area contributed by atoms with E-state index < -0.39 is 23.3 Å². The van der Waals surface area contributed by atoms with Gasteiger partial charge in [0.05, 0.1) is 10.3 Å². The summed E-state index contributed by atoms with van der Waals surface area (Å²) in [6, 6.07) is 18.1. The molecule has 0 radical (unpaired) electrons. The Morgan fingerprint density at radius 3 is 2.47 bits per heavy atom. The SMILES string of the molecule is Cn1nnc(-c2cc3sc(-c4ccc(C5(C(=O)O)CC5)c(F)c4)cc3s2)c1NC(=O)OCc1ccccc1. The van der Waals surface area contributed by atoms with Crippen LogP contribution in [-0.2, 0) is 28.6 Å². The number of carbonyl (C=O) groups excluding carboxylic acids is 1. The Morgan fingerprint density at radius 1 is 1.08 bits per heavy atom. The lowest BCUT2D eigenvalue weighted by Crippen LogP contribution is -2.20. The number of halogens is 1. The smallest absolute Gasteiger partial charge is 0.413 e. The molecule has 2 N–H and O–H groups in total. The zero-order valence-corrected chi connectivity index (χ0v) is 21.7. The first-order valence-electron chi connectivity index (χ1n) is 11.8. The number of carboxylic acids is 1. The molecule has 0 spiro atoms. The van der Waals surface area contributed by atoms with Gasteiger partial charge in [-0.05, 0) is 42.2 Å². The van der Waals surface area contributed by atoms with Crippen molar-refractivity contribution < 1.29 is 23.8 Å². The average Bonchev–Trinajstić information content (AvgIpc) is 3.30. The van der Waals surface area contributed by atoms with Crippen LogP contribution in [0, 0.1) is 5.82 Å². The van der Waals surface area contributed by atoms with Crippen LogP contribution in [0.5, 0.6) is 0 Å². The van der Waals surface area contributed by atoms with E-state index in [9.17, 15) is 19.1 Å². The predicted molar refractivity (Wildman–Crippen MR) is 144 cm³/mol. The van der Waals surface area contributed by atoms with Gasteiger partial charge in [0.2, 0.25) is 0 Å². The fourth-order valence-electron chi connectivity index (χ4n) is 4.39. The van der Waals surface area contributed by atoms with Crippen LogP contribution >= 0.6 is 22.7 Å². The lowest BCUT2D eigenvalue weighted by molar-refractivity contribution is -0.140. The van der Waals surface area contributed by atoms with E-state index in [0.29, 0.717) is 29.9 Å². The number of aromatic nitrogens is 3. The fourth-order valence-corrected chi connectivity index (χ4v) is 6.77. The summed E-state index contributed by atoms with van der Waals surface area (Å²) in [4.78, 5) is 25.7. The van der Waals surface area contributed by atoms with Gasteiger partial charge in [0.15, 0.2) is 5.82 Å². The van der Waals surface area contributed by atoms with Crippen molar-refractivity contribution in [1.29, 1.82) is 0 Å². The maximum atomic E-state index is 14.9. The highest BCUT2D eigenvalue weighted by molar-refractivity contribution is 7.31. The molecule has 3 aromatic heterocycles. The van der Waals surface area contributed by atoms with Gasteiger partial charge in [0.1, 0.15) is 18.1 Å². The highest BCUT2D eigenvalue weighted by atomic mass is 32.1. The van der Waals surface area contributed by atoms with Crippen molar-refractivity contribution in [2.45, 2.75) is 24.9 Å². The molecule has 1 aliphatic carbocycles. The van der Waals surface area contributed by atoms with Gasteiger partial charge >= 0.3 is 12.1 Å². The molecule has 0 bridgehead atoms. The summed E-state index contributed by atoms with van der Waals surface area (Å²) in [5.74, 6) is -1.05. The molecular formula is C27H21FN4O4S2. The van der Waals surface area contributed by atoms with E-state index in [0.717, 1.165) is 24.7 Å². The molecule has 0 saturated heterocycles. The first kappa shape index (κ1) is 24.3. The quantitative estimate of drug-likeness (QED) is 0.243. The van der Waals surface area contributed by atoms with Crippen LogP contribution in [0.2, 0.25) is 0 Å². The van der Waals surface area contributed by atoms with E-state index in [1.807, 2.05) is 42.5 Å². The van der Waals surface area contributed by atoms with Gasteiger partial charge in [0, 0.05) is 26.9 Å². The van der Waals surface area contributed by atoms with E-state index in [-0.39, 0.29) is 12.2 Å². The fraction of sp³-hybridized carbons (Fsp3) is 0.185. The highest BCUT2D eigenvalue weighted by Gasteiger charge is 2.53. The molecular weight excluding hydrogens is 527 g/mol. The van der Waals surface area contributed by atoms with Crippen molar-refractivity contribution >= 4 is 50.0 Å².